The lowest BCUT2D eigenvalue weighted by Crippen LogP contribution is -2.39. The van der Waals surface area contributed by atoms with E-state index in [9.17, 15) is 18.0 Å². The van der Waals surface area contributed by atoms with Crippen molar-refractivity contribution in [3.63, 3.8) is 0 Å². The summed E-state index contributed by atoms with van der Waals surface area (Å²) in [7, 11) is 0. The molecule has 9 heteroatoms. The molecule has 1 fully saturated rings. The van der Waals surface area contributed by atoms with Crippen LogP contribution in [0.3, 0.4) is 0 Å². The molecule has 162 valence electrons. The van der Waals surface area contributed by atoms with Crippen molar-refractivity contribution in [2.45, 2.75) is 37.8 Å². The molecule has 0 spiro atoms. The number of amides is 1. The molecular formula is C22H21F3N4OS. The highest BCUT2D eigenvalue weighted by Gasteiger charge is 2.35. The zero-order valence-corrected chi connectivity index (χ0v) is 17.5. The maximum Gasteiger partial charge on any atom is 0.433 e. The van der Waals surface area contributed by atoms with Gasteiger partial charge in [0.1, 0.15) is 11.5 Å². The van der Waals surface area contributed by atoms with Crippen molar-refractivity contribution in [3.05, 3.63) is 65.2 Å². The summed E-state index contributed by atoms with van der Waals surface area (Å²) in [5.41, 5.74) is 0.356. The first-order chi connectivity index (χ1) is 14.9. The summed E-state index contributed by atoms with van der Waals surface area (Å²) in [4.78, 5) is 27.4. The predicted octanol–water partition coefficient (Wildman–Crippen LogP) is 4.96. The summed E-state index contributed by atoms with van der Waals surface area (Å²) in [6, 6.07) is 8.26. The molecule has 5 nitrogen and oxygen atoms in total. The highest BCUT2D eigenvalue weighted by atomic mass is 32.1. The van der Waals surface area contributed by atoms with Crippen LogP contribution in [0.4, 0.5) is 13.2 Å². The van der Waals surface area contributed by atoms with Crippen LogP contribution in [0.2, 0.25) is 0 Å². The summed E-state index contributed by atoms with van der Waals surface area (Å²) < 4.78 is 40.4. The molecule has 1 amide bonds. The zero-order chi connectivity index (χ0) is 21.8. The van der Waals surface area contributed by atoms with Gasteiger partial charge in [0.05, 0.1) is 10.6 Å². The van der Waals surface area contributed by atoms with Crippen molar-refractivity contribution in [1.29, 1.82) is 0 Å². The Kier molecular flexibility index (Phi) is 6.31. The van der Waals surface area contributed by atoms with Gasteiger partial charge in [0, 0.05) is 37.8 Å². The van der Waals surface area contributed by atoms with E-state index in [1.54, 1.807) is 34.8 Å². The van der Waals surface area contributed by atoms with Gasteiger partial charge in [-0.25, -0.2) is 9.97 Å². The Morgan fingerprint density at radius 3 is 2.71 bits per heavy atom. The van der Waals surface area contributed by atoms with Crippen LogP contribution in [0.25, 0.3) is 10.6 Å². The molecule has 0 saturated carbocycles. The Hall–Kier alpha value is -2.81. The Bertz CT molecular complexity index is 1020. The van der Waals surface area contributed by atoms with E-state index in [0.29, 0.717) is 43.6 Å². The number of thiophene rings is 1. The number of rotatable bonds is 5. The van der Waals surface area contributed by atoms with Crippen LogP contribution in [-0.4, -0.2) is 38.8 Å². The molecule has 1 aliphatic heterocycles. The van der Waals surface area contributed by atoms with Crippen molar-refractivity contribution < 1.29 is 18.0 Å². The number of hydrogen-bond acceptors (Lipinski definition) is 5. The maximum atomic E-state index is 13.5. The number of halogens is 3. The van der Waals surface area contributed by atoms with E-state index in [1.165, 1.54) is 11.3 Å². The van der Waals surface area contributed by atoms with Crippen molar-refractivity contribution in [2.75, 3.05) is 13.1 Å². The fourth-order valence-corrected chi connectivity index (χ4v) is 4.40. The number of aromatic nitrogens is 3. The second kappa shape index (κ2) is 9.13. The largest absolute Gasteiger partial charge is 0.433 e. The van der Waals surface area contributed by atoms with Crippen molar-refractivity contribution >= 4 is 17.2 Å². The monoisotopic (exact) mass is 446 g/mol. The fourth-order valence-electron chi connectivity index (χ4n) is 3.72. The topological polar surface area (TPSA) is 59.0 Å². The first kappa shape index (κ1) is 21.4. The van der Waals surface area contributed by atoms with Gasteiger partial charge in [-0.3, -0.25) is 9.78 Å². The van der Waals surface area contributed by atoms with Crippen LogP contribution in [0.1, 0.15) is 42.3 Å². The Labute approximate surface area is 182 Å². The highest BCUT2D eigenvalue weighted by Crippen LogP contribution is 2.34. The molecule has 0 unspecified atom stereocenters. The number of carbonyl (C=O) groups excluding carboxylic acids is 1. The summed E-state index contributed by atoms with van der Waals surface area (Å²) in [6.45, 7) is 0.933. The Morgan fingerprint density at radius 2 is 2.00 bits per heavy atom. The third-order valence-corrected chi connectivity index (χ3v) is 6.22. The lowest BCUT2D eigenvalue weighted by molar-refractivity contribution is -0.141. The number of pyridine rings is 1. The van der Waals surface area contributed by atoms with Crippen LogP contribution in [0.5, 0.6) is 0 Å². The van der Waals surface area contributed by atoms with Crippen LogP contribution in [0, 0.1) is 0 Å². The van der Waals surface area contributed by atoms with E-state index < -0.39 is 11.9 Å². The molecule has 4 rings (SSSR count). The number of alkyl halides is 3. The van der Waals surface area contributed by atoms with E-state index in [4.69, 9.17) is 0 Å². The van der Waals surface area contributed by atoms with Crippen LogP contribution < -0.4 is 0 Å². The van der Waals surface area contributed by atoms with E-state index >= 15 is 0 Å². The molecule has 3 aromatic heterocycles. The minimum absolute atomic E-state index is 0.00744. The molecule has 31 heavy (non-hydrogen) atoms. The number of likely N-dealkylation sites (tertiary alicyclic amines) is 1. The number of hydrogen-bond donors (Lipinski definition) is 0. The standard InChI is InChI=1S/C22H21F3N4OS/c23-22(24,25)19-13-17(18-4-2-12-31-18)27-21(28-19)16-3-1-11-29(14-16)20(30)6-5-15-7-9-26-10-8-15/h2,4,7-10,12-13,16H,1,3,5-6,11,14H2/t16-/m1/s1. The summed E-state index contributed by atoms with van der Waals surface area (Å²) in [5, 5.41) is 1.80. The summed E-state index contributed by atoms with van der Waals surface area (Å²) in [6.07, 6.45) is 1.13. The van der Waals surface area contributed by atoms with Gasteiger partial charge in [0.2, 0.25) is 5.91 Å². The van der Waals surface area contributed by atoms with E-state index in [1.807, 2.05) is 12.1 Å². The van der Waals surface area contributed by atoms with E-state index in [0.717, 1.165) is 11.6 Å². The summed E-state index contributed by atoms with van der Waals surface area (Å²) >= 11 is 1.33. The first-order valence-corrected chi connectivity index (χ1v) is 10.9. The molecule has 1 atom stereocenters. The number of piperidine rings is 1. The molecule has 3 aromatic rings. The van der Waals surface area contributed by atoms with Gasteiger partial charge in [-0.05, 0) is 54.5 Å². The number of nitrogens with zero attached hydrogens (tertiary/aromatic N) is 4. The van der Waals surface area contributed by atoms with Gasteiger partial charge in [-0.15, -0.1) is 11.3 Å². The second-order valence-corrected chi connectivity index (χ2v) is 8.45. The maximum absolute atomic E-state index is 13.5. The third kappa shape index (κ3) is 5.28. The van der Waals surface area contributed by atoms with Gasteiger partial charge in [-0.1, -0.05) is 6.07 Å². The van der Waals surface area contributed by atoms with Gasteiger partial charge in [0.25, 0.3) is 0 Å². The predicted molar refractivity (Wildman–Crippen MR) is 111 cm³/mol. The first-order valence-electron chi connectivity index (χ1n) is 10.1. The third-order valence-electron chi connectivity index (χ3n) is 5.32. The molecule has 0 aromatic carbocycles. The molecule has 0 aliphatic carbocycles. The van der Waals surface area contributed by atoms with E-state index in [2.05, 4.69) is 15.0 Å². The normalized spacial score (nSPS) is 17.0. The Morgan fingerprint density at radius 1 is 1.19 bits per heavy atom. The Balaban J connectivity index is 1.52. The average Bonchev–Trinajstić information content (AvgIpc) is 3.32. The summed E-state index contributed by atoms with van der Waals surface area (Å²) in [5.74, 6) is -0.170. The SMILES string of the molecule is O=C(CCc1ccncc1)N1CCC[C@@H](c2nc(-c3cccs3)cc(C(F)(F)F)n2)C1. The quantitative estimate of drug-likeness (QED) is 0.556. The molecule has 1 aliphatic rings. The molecule has 0 bridgehead atoms. The molecule has 0 radical (unpaired) electrons. The average molecular weight is 446 g/mol. The van der Waals surface area contributed by atoms with Crippen molar-refractivity contribution in [3.8, 4) is 10.6 Å². The van der Waals surface area contributed by atoms with Gasteiger partial charge in [-0.2, -0.15) is 13.2 Å². The number of carbonyl (C=O) groups is 1. The lowest BCUT2D eigenvalue weighted by Gasteiger charge is -2.32. The zero-order valence-electron chi connectivity index (χ0n) is 16.7. The highest BCUT2D eigenvalue weighted by molar-refractivity contribution is 7.13. The van der Waals surface area contributed by atoms with Crippen LogP contribution >= 0.6 is 11.3 Å². The minimum atomic E-state index is -4.56. The molecule has 0 N–H and O–H groups in total. The van der Waals surface area contributed by atoms with Crippen molar-refractivity contribution in [1.82, 2.24) is 19.9 Å². The smallest absolute Gasteiger partial charge is 0.342 e. The van der Waals surface area contributed by atoms with Crippen LogP contribution in [0.15, 0.2) is 48.1 Å². The van der Waals surface area contributed by atoms with Gasteiger partial charge in [0.15, 0.2) is 0 Å². The molecular weight excluding hydrogens is 425 g/mol. The number of aryl methyl sites for hydroxylation is 1. The molecule has 4 heterocycles. The second-order valence-electron chi connectivity index (χ2n) is 7.51. The van der Waals surface area contributed by atoms with E-state index in [-0.39, 0.29) is 23.3 Å². The van der Waals surface area contributed by atoms with Gasteiger partial charge < -0.3 is 4.90 Å². The molecule has 1 saturated heterocycles. The van der Waals surface area contributed by atoms with Gasteiger partial charge >= 0.3 is 6.18 Å². The lowest BCUT2D eigenvalue weighted by atomic mass is 9.96. The van der Waals surface area contributed by atoms with Crippen LogP contribution in [-0.2, 0) is 17.4 Å². The fraction of sp³-hybridized carbons (Fsp3) is 0.364. The minimum Gasteiger partial charge on any atom is -0.342 e. The van der Waals surface area contributed by atoms with Crippen molar-refractivity contribution in [2.24, 2.45) is 0 Å².